The number of aromatic nitrogens is 1. The van der Waals surface area contributed by atoms with Crippen LogP contribution in [-0.4, -0.2) is 31.8 Å². The highest BCUT2D eigenvalue weighted by Crippen LogP contribution is 2.27. The van der Waals surface area contributed by atoms with Crippen molar-refractivity contribution in [1.29, 1.82) is 0 Å². The first-order chi connectivity index (χ1) is 10.3. The van der Waals surface area contributed by atoms with Crippen LogP contribution in [0.15, 0.2) is 27.6 Å². The molecular weight excluding hydrogens is 312 g/mol. The van der Waals surface area contributed by atoms with Gasteiger partial charge in [0.25, 0.3) is 10.0 Å². The Kier molecular flexibility index (Phi) is 4.09. The molecule has 2 aromatic rings. The van der Waals surface area contributed by atoms with Crippen molar-refractivity contribution in [1.82, 2.24) is 5.16 Å². The number of methoxy groups -OCH3 is 1. The molecule has 118 valence electrons. The summed E-state index contributed by atoms with van der Waals surface area (Å²) in [6, 6.07) is 3.88. The molecule has 8 nitrogen and oxygen atoms in total. The Hall–Kier alpha value is -2.55. The summed E-state index contributed by atoms with van der Waals surface area (Å²) in [5.41, 5.74) is 0.337. The average Bonchev–Trinajstić information content (AvgIpc) is 2.77. The summed E-state index contributed by atoms with van der Waals surface area (Å²) >= 11 is 0. The van der Waals surface area contributed by atoms with Crippen molar-refractivity contribution in [2.24, 2.45) is 0 Å². The molecule has 0 radical (unpaired) electrons. The van der Waals surface area contributed by atoms with Gasteiger partial charge in [-0.1, -0.05) is 5.16 Å². The lowest BCUT2D eigenvalue weighted by atomic mass is 10.2. The predicted molar refractivity (Wildman–Crippen MR) is 76.7 cm³/mol. The van der Waals surface area contributed by atoms with Gasteiger partial charge in [-0.3, -0.25) is 4.72 Å². The van der Waals surface area contributed by atoms with Crippen LogP contribution in [0.1, 0.15) is 21.8 Å². The molecule has 0 atom stereocenters. The van der Waals surface area contributed by atoms with E-state index in [0.29, 0.717) is 0 Å². The lowest BCUT2D eigenvalue weighted by Gasteiger charge is -2.10. The van der Waals surface area contributed by atoms with E-state index in [1.165, 1.54) is 39.2 Å². The fraction of sp³-hybridized carbons (Fsp3) is 0.231. The molecule has 0 aliphatic rings. The molecule has 0 unspecified atom stereocenters. The van der Waals surface area contributed by atoms with Gasteiger partial charge in [-0.2, -0.15) is 0 Å². The van der Waals surface area contributed by atoms with E-state index in [9.17, 15) is 13.2 Å². The highest BCUT2D eigenvalue weighted by molar-refractivity contribution is 7.92. The SMILES string of the molecule is COc1cc(NS(=O)(=O)c2c(C)noc2C)ccc1C(=O)O. The van der Waals surface area contributed by atoms with Gasteiger partial charge in [0.2, 0.25) is 0 Å². The molecule has 2 N–H and O–H groups in total. The summed E-state index contributed by atoms with van der Waals surface area (Å²) in [6.07, 6.45) is 0. The number of nitrogens with one attached hydrogen (secondary N) is 1. The second-order valence-electron chi connectivity index (χ2n) is 4.48. The average molecular weight is 326 g/mol. The maximum atomic E-state index is 12.4. The van der Waals surface area contributed by atoms with Crippen molar-refractivity contribution >= 4 is 21.7 Å². The third-order valence-corrected chi connectivity index (χ3v) is 4.55. The van der Waals surface area contributed by atoms with Crippen LogP contribution >= 0.6 is 0 Å². The number of benzene rings is 1. The fourth-order valence-electron chi connectivity index (χ4n) is 2.00. The quantitative estimate of drug-likeness (QED) is 0.859. The molecule has 0 bridgehead atoms. The number of anilines is 1. The number of aryl methyl sites for hydroxylation is 2. The highest BCUT2D eigenvalue weighted by Gasteiger charge is 2.24. The van der Waals surface area contributed by atoms with E-state index in [2.05, 4.69) is 9.88 Å². The zero-order valence-corrected chi connectivity index (χ0v) is 12.9. The van der Waals surface area contributed by atoms with E-state index >= 15 is 0 Å². The van der Waals surface area contributed by atoms with Crippen molar-refractivity contribution in [3.05, 3.63) is 35.2 Å². The number of hydrogen-bond donors (Lipinski definition) is 2. The topological polar surface area (TPSA) is 119 Å². The molecule has 0 aliphatic carbocycles. The van der Waals surface area contributed by atoms with Crippen molar-refractivity contribution in [2.75, 3.05) is 11.8 Å². The first-order valence-corrected chi connectivity index (χ1v) is 7.61. The summed E-state index contributed by atoms with van der Waals surface area (Å²) in [6.45, 7) is 3.00. The smallest absolute Gasteiger partial charge is 0.339 e. The van der Waals surface area contributed by atoms with E-state index in [4.69, 9.17) is 14.4 Å². The van der Waals surface area contributed by atoms with Crippen LogP contribution < -0.4 is 9.46 Å². The Bertz CT molecular complexity index is 806. The number of nitrogens with zero attached hydrogens (tertiary/aromatic N) is 1. The summed E-state index contributed by atoms with van der Waals surface area (Å²) in [5.74, 6) is -0.956. The van der Waals surface area contributed by atoms with Gasteiger partial charge < -0.3 is 14.4 Å². The number of aromatic carboxylic acids is 1. The number of rotatable bonds is 5. The monoisotopic (exact) mass is 326 g/mol. The number of carboxylic acids is 1. The fourth-order valence-corrected chi connectivity index (χ4v) is 3.38. The standard InChI is InChI=1S/C13H14N2O6S/c1-7-12(8(2)21-14-7)22(18,19)15-9-4-5-10(13(16)17)11(6-9)20-3/h4-6,15H,1-3H3,(H,16,17). The molecule has 1 aromatic heterocycles. The van der Waals surface area contributed by atoms with Gasteiger partial charge in [0, 0.05) is 6.07 Å². The maximum Gasteiger partial charge on any atom is 0.339 e. The minimum absolute atomic E-state index is 0.0474. The van der Waals surface area contributed by atoms with Crippen LogP contribution in [0.4, 0.5) is 5.69 Å². The molecule has 9 heteroatoms. The van der Waals surface area contributed by atoms with Gasteiger partial charge in [-0.05, 0) is 26.0 Å². The Morgan fingerprint density at radius 3 is 2.55 bits per heavy atom. The Labute approximate surface area is 126 Å². The van der Waals surface area contributed by atoms with Gasteiger partial charge in [0.05, 0.1) is 12.8 Å². The highest BCUT2D eigenvalue weighted by atomic mass is 32.2. The van der Waals surface area contributed by atoms with Crippen molar-refractivity contribution in [3.63, 3.8) is 0 Å². The summed E-state index contributed by atoms with van der Waals surface area (Å²) in [4.78, 5) is 11.0. The molecule has 1 heterocycles. The largest absolute Gasteiger partial charge is 0.496 e. The molecule has 2 rings (SSSR count). The second-order valence-corrected chi connectivity index (χ2v) is 6.10. The molecule has 0 aliphatic heterocycles. The van der Waals surface area contributed by atoms with Crippen LogP contribution in [0.25, 0.3) is 0 Å². The lowest BCUT2D eigenvalue weighted by molar-refractivity contribution is 0.0693. The molecule has 0 spiro atoms. The second kappa shape index (κ2) is 5.68. The van der Waals surface area contributed by atoms with Gasteiger partial charge >= 0.3 is 5.97 Å². The van der Waals surface area contributed by atoms with E-state index in [0.717, 1.165) is 0 Å². The van der Waals surface area contributed by atoms with Crippen LogP contribution in [0.2, 0.25) is 0 Å². The van der Waals surface area contributed by atoms with Gasteiger partial charge in [0.15, 0.2) is 10.7 Å². The van der Waals surface area contributed by atoms with Crippen LogP contribution in [0.5, 0.6) is 5.75 Å². The van der Waals surface area contributed by atoms with Crippen molar-refractivity contribution in [3.8, 4) is 5.75 Å². The van der Waals surface area contributed by atoms with E-state index in [1.54, 1.807) is 0 Å². The third-order valence-electron chi connectivity index (χ3n) is 2.92. The third kappa shape index (κ3) is 2.89. The lowest BCUT2D eigenvalue weighted by Crippen LogP contribution is -2.15. The van der Waals surface area contributed by atoms with E-state index in [1.807, 2.05) is 0 Å². The minimum atomic E-state index is -3.90. The maximum absolute atomic E-state index is 12.4. The molecule has 22 heavy (non-hydrogen) atoms. The first-order valence-electron chi connectivity index (χ1n) is 6.13. The van der Waals surface area contributed by atoms with Gasteiger partial charge in [-0.25, -0.2) is 13.2 Å². The van der Waals surface area contributed by atoms with Crippen molar-refractivity contribution < 1.29 is 27.6 Å². The van der Waals surface area contributed by atoms with Crippen LogP contribution in [-0.2, 0) is 10.0 Å². The summed E-state index contributed by atoms with van der Waals surface area (Å²) in [5, 5.41) is 12.6. The molecule has 0 fully saturated rings. The first kappa shape index (κ1) is 15.8. The number of carboxylic acid groups (broad SMARTS) is 1. The number of sulfonamides is 1. The summed E-state index contributed by atoms with van der Waals surface area (Å²) in [7, 11) is -2.60. The summed E-state index contributed by atoms with van der Waals surface area (Å²) < 4.78 is 36.8. The minimum Gasteiger partial charge on any atom is -0.496 e. The Morgan fingerprint density at radius 1 is 1.36 bits per heavy atom. The molecule has 1 aromatic carbocycles. The van der Waals surface area contributed by atoms with E-state index in [-0.39, 0.29) is 33.4 Å². The van der Waals surface area contributed by atoms with Crippen LogP contribution in [0, 0.1) is 13.8 Å². The number of carbonyl (C=O) groups is 1. The molecule has 0 saturated heterocycles. The van der Waals surface area contributed by atoms with E-state index < -0.39 is 16.0 Å². The number of hydrogen-bond acceptors (Lipinski definition) is 6. The normalized spacial score (nSPS) is 11.2. The zero-order chi connectivity index (χ0) is 16.5. The molecule has 0 amide bonds. The Morgan fingerprint density at radius 2 is 2.05 bits per heavy atom. The van der Waals surface area contributed by atoms with Gasteiger partial charge in [-0.15, -0.1) is 0 Å². The number of ether oxygens (including phenoxy) is 1. The Balaban J connectivity index is 2.41. The zero-order valence-electron chi connectivity index (χ0n) is 12.1. The molecule has 0 saturated carbocycles. The van der Waals surface area contributed by atoms with Gasteiger partial charge in [0.1, 0.15) is 17.0 Å². The van der Waals surface area contributed by atoms with Crippen LogP contribution in [0.3, 0.4) is 0 Å². The van der Waals surface area contributed by atoms with Crippen molar-refractivity contribution in [2.45, 2.75) is 18.7 Å². The predicted octanol–water partition coefficient (Wildman–Crippen LogP) is 1.80. The molecular formula is C13H14N2O6S.